The Morgan fingerprint density at radius 3 is 2.61 bits per heavy atom. The maximum Gasteiger partial charge on any atom is 0.266 e. The topological polar surface area (TPSA) is 75.1 Å². The predicted octanol–water partition coefficient (Wildman–Crippen LogP) is 5.23. The van der Waals surface area contributed by atoms with Crippen molar-refractivity contribution < 1.29 is 9.47 Å². The van der Waals surface area contributed by atoms with E-state index in [-0.39, 0.29) is 12.2 Å². The maximum absolute atomic E-state index is 12.1. The van der Waals surface area contributed by atoms with Gasteiger partial charge in [0, 0.05) is 21.8 Å². The average Bonchev–Trinajstić information content (AvgIpc) is 2.66. The van der Waals surface area contributed by atoms with Gasteiger partial charge in [0.05, 0.1) is 11.6 Å². The molecule has 0 saturated carbocycles. The van der Waals surface area contributed by atoms with Gasteiger partial charge in [-0.25, -0.2) is 0 Å². The van der Waals surface area contributed by atoms with Crippen LogP contribution >= 0.6 is 27.5 Å². The van der Waals surface area contributed by atoms with Gasteiger partial charge in [0.25, 0.3) is 5.56 Å². The molecule has 0 aliphatic heterocycles. The molecule has 0 fully saturated rings. The van der Waals surface area contributed by atoms with Gasteiger partial charge in [-0.05, 0) is 64.8 Å². The molecule has 2 aromatic carbocycles. The lowest BCUT2D eigenvalue weighted by Crippen LogP contribution is -2.12. The van der Waals surface area contributed by atoms with Crippen molar-refractivity contribution >= 4 is 27.5 Å². The third-order valence-corrected chi connectivity index (χ3v) is 5.00. The van der Waals surface area contributed by atoms with E-state index < -0.39 is 5.56 Å². The number of hydrogen-bond donors (Lipinski definition) is 1. The van der Waals surface area contributed by atoms with Crippen molar-refractivity contribution in [1.29, 1.82) is 5.26 Å². The molecule has 0 bridgehead atoms. The summed E-state index contributed by atoms with van der Waals surface area (Å²) in [4.78, 5) is 14.8. The third-order valence-electron chi connectivity index (χ3n) is 4.15. The molecule has 28 heavy (non-hydrogen) atoms. The second-order valence-electron chi connectivity index (χ2n) is 6.07. The number of methoxy groups -OCH3 is 1. The summed E-state index contributed by atoms with van der Waals surface area (Å²) >= 11 is 9.39. The zero-order valence-electron chi connectivity index (χ0n) is 15.2. The van der Waals surface area contributed by atoms with Crippen LogP contribution in [0.25, 0.3) is 11.1 Å². The summed E-state index contributed by atoms with van der Waals surface area (Å²) in [5.41, 5.74) is 2.43. The molecule has 3 aromatic rings. The van der Waals surface area contributed by atoms with Crippen molar-refractivity contribution in [3.63, 3.8) is 0 Å². The van der Waals surface area contributed by atoms with Gasteiger partial charge in [-0.3, -0.25) is 4.79 Å². The molecule has 3 rings (SSSR count). The molecule has 1 N–H and O–H groups in total. The molecule has 0 radical (unpaired) electrons. The van der Waals surface area contributed by atoms with Crippen LogP contribution in [0.1, 0.15) is 16.8 Å². The molecule has 0 unspecified atom stereocenters. The summed E-state index contributed by atoms with van der Waals surface area (Å²) in [7, 11) is 1.58. The van der Waals surface area contributed by atoms with Gasteiger partial charge in [-0.15, -0.1) is 0 Å². The van der Waals surface area contributed by atoms with Crippen molar-refractivity contribution in [3.8, 4) is 28.7 Å². The zero-order chi connectivity index (χ0) is 20.3. The molecule has 1 heterocycles. The highest BCUT2D eigenvalue weighted by Gasteiger charge is 2.13. The number of halogens is 2. The molecule has 0 saturated heterocycles. The lowest BCUT2D eigenvalue weighted by molar-refractivity contribution is 0.295. The van der Waals surface area contributed by atoms with Crippen LogP contribution < -0.4 is 15.0 Å². The standard InChI is InChI=1S/C21H16BrClN2O3/c1-12-7-16(17(10-24)21(26)25-12)13-3-5-19(27-2)14(8-13)11-28-20-6-4-15(23)9-18(20)22/h3-9H,11H2,1-2H3,(H,25,26). The summed E-state index contributed by atoms with van der Waals surface area (Å²) in [6.45, 7) is 2.01. The number of nitrogens with zero attached hydrogens (tertiary/aromatic N) is 1. The fourth-order valence-electron chi connectivity index (χ4n) is 2.83. The van der Waals surface area contributed by atoms with Crippen molar-refractivity contribution in [3.05, 3.63) is 79.1 Å². The van der Waals surface area contributed by atoms with Crippen molar-refractivity contribution in [2.24, 2.45) is 0 Å². The van der Waals surface area contributed by atoms with Gasteiger partial charge in [-0.1, -0.05) is 17.7 Å². The van der Waals surface area contributed by atoms with E-state index in [0.29, 0.717) is 27.8 Å². The van der Waals surface area contributed by atoms with Crippen LogP contribution in [-0.2, 0) is 6.61 Å². The Labute approximate surface area is 175 Å². The van der Waals surface area contributed by atoms with Crippen LogP contribution in [0, 0.1) is 18.3 Å². The first-order chi connectivity index (χ1) is 13.4. The number of rotatable bonds is 5. The summed E-state index contributed by atoms with van der Waals surface area (Å²) in [5.74, 6) is 1.29. The van der Waals surface area contributed by atoms with Gasteiger partial charge in [0.15, 0.2) is 0 Å². The number of pyridine rings is 1. The second kappa shape index (κ2) is 8.51. The first kappa shape index (κ1) is 20.0. The summed E-state index contributed by atoms with van der Waals surface area (Å²) in [5, 5.41) is 10.00. The molecule has 0 spiro atoms. The number of nitrogens with one attached hydrogen (secondary N) is 1. The fraction of sp³-hybridized carbons (Fsp3) is 0.143. The molecule has 0 amide bonds. The Balaban J connectivity index is 2.00. The largest absolute Gasteiger partial charge is 0.496 e. The Morgan fingerprint density at radius 2 is 1.93 bits per heavy atom. The second-order valence-corrected chi connectivity index (χ2v) is 7.36. The monoisotopic (exact) mass is 458 g/mol. The Kier molecular flexibility index (Phi) is 6.08. The van der Waals surface area contributed by atoms with Crippen LogP contribution in [0.15, 0.2) is 51.7 Å². The van der Waals surface area contributed by atoms with Crippen molar-refractivity contribution in [2.75, 3.05) is 7.11 Å². The Morgan fingerprint density at radius 1 is 1.18 bits per heavy atom. The first-order valence-corrected chi connectivity index (χ1v) is 9.49. The normalized spacial score (nSPS) is 10.4. The first-order valence-electron chi connectivity index (χ1n) is 8.32. The number of aromatic amines is 1. The van der Waals surface area contributed by atoms with E-state index in [2.05, 4.69) is 20.9 Å². The number of ether oxygens (including phenoxy) is 2. The van der Waals surface area contributed by atoms with Crippen LogP contribution in [0.4, 0.5) is 0 Å². The molecule has 0 atom stereocenters. The Bertz CT molecular complexity index is 1140. The van der Waals surface area contributed by atoms with Gasteiger partial charge < -0.3 is 14.5 Å². The van der Waals surface area contributed by atoms with Gasteiger partial charge in [-0.2, -0.15) is 5.26 Å². The van der Waals surface area contributed by atoms with Crippen LogP contribution in [-0.4, -0.2) is 12.1 Å². The van der Waals surface area contributed by atoms with E-state index in [1.165, 1.54) is 0 Å². The van der Waals surface area contributed by atoms with Crippen LogP contribution in [0.2, 0.25) is 5.02 Å². The highest BCUT2D eigenvalue weighted by Crippen LogP contribution is 2.32. The number of hydrogen-bond acceptors (Lipinski definition) is 4. The lowest BCUT2D eigenvalue weighted by Gasteiger charge is -2.14. The highest BCUT2D eigenvalue weighted by atomic mass is 79.9. The van der Waals surface area contributed by atoms with Crippen molar-refractivity contribution in [2.45, 2.75) is 13.5 Å². The van der Waals surface area contributed by atoms with Gasteiger partial charge in [0.1, 0.15) is 29.7 Å². The summed E-state index contributed by atoms with van der Waals surface area (Å²) in [6.07, 6.45) is 0. The van der Waals surface area contributed by atoms with Gasteiger partial charge >= 0.3 is 0 Å². The molecular weight excluding hydrogens is 444 g/mol. The van der Waals surface area contributed by atoms with E-state index in [1.807, 2.05) is 18.2 Å². The molecule has 7 heteroatoms. The van der Waals surface area contributed by atoms with E-state index in [9.17, 15) is 10.1 Å². The molecule has 0 aliphatic rings. The number of H-pyrrole nitrogens is 1. The maximum atomic E-state index is 12.1. The quantitative estimate of drug-likeness (QED) is 0.567. The lowest BCUT2D eigenvalue weighted by atomic mass is 9.99. The van der Waals surface area contributed by atoms with E-state index in [0.717, 1.165) is 15.6 Å². The highest BCUT2D eigenvalue weighted by molar-refractivity contribution is 9.10. The molecule has 1 aromatic heterocycles. The smallest absolute Gasteiger partial charge is 0.266 e. The minimum absolute atomic E-state index is 0.0723. The van der Waals surface area contributed by atoms with Crippen LogP contribution in [0.5, 0.6) is 11.5 Å². The molecule has 142 valence electrons. The van der Waals surface area contributed by atoms with Gasteiger partial charge in [0.2, 0.25) is 0 Å². The molecule has 5 nitrogen and oxygen atoms in total. The Hall–Kier alpha value is -2.75. The summed E-state index contributed by atoms with van der Waals surface area (Å²) in [6, 6.07) is 14.5. The van der Waals surface area contributed by atoms with Crippen molar-refractivity contribution in [1.82, 2.24) is 4.98 Å². The van der Waals surface area contributed by atoms with E-state index in [4.69, 9.17) is 21.1 Å². The number of aryl methyl sites for hydroxylation is 1. The fourth-order valence-corrected chi connectivity index (χ4v) is 3.63. The molecule has 0 aliphatic carbocycles. The number of aromatic nitrogens is 1. The summed E-state index contributed by atoms with van der Waals surface area (Å²) < 4.78 is 12.1. The zero-order valence-corrected chi connectivity index (χ0v) is 17.5. The minimum Gasteiger partial charge on any atom is -0.496 e. The average molecular weight is 460 g/mol. The third kappa shape index (κ3) is 4.22. The van der Waals surface area contributed by atoms with Crippen LogP contribution in [0.3, 0.4) is 0 Å². The minimum atomic E-state index is -0.406. The number of nitriles is 1. The SMILES string of the molecule is COc1ccc(-c2cc(C)[nH]c(=O)c2C#N)cc1COc1ccc(Cl)cc1Br. The predicted molar refractivity (Wildman–Crippen MR) is 112 cm³/mol. The number of benzene rings is 2. The van der Waals surface area contributed by atoms with E-state index in [1.54, 1.807) is 44.4 Å². The van der Waals surface area contributed by atoms with E-state index >= 15 is 0 Å². The molecular formula is C21H16BrClN2O3.